The van der Waals surface area contributed by atoms with Crippen LogP contribution in [0.2, 0.25) is 0 Å². The van der Waals surface area contributed by atoms with Crippen LogP contribution in [0.3, 0.4) is 0 Å². The summed E-state index contributed by atoms with van der Waals surface area (Å²) in [6.45, 7) is 5.38. The minimum atomic E-state index is -0.952. The van der Waals surface area contributed by atoms with Crippen molar-refractivity contribution in [1.29, 1.82) is 0 Å². The van der Waals surface area contributed by atoms with Gasteiger partial charge in [-0.25, -0.2) is 8.78 Å². The highest BCUT2D eigenvalue weighted by molar-refractivity contribution is 7.14. The molecule has 0 spiro atoms. The molecule has 0 unspecified atom stereocenters. The summed E-state index contributed by atoms with van der Waals surface area (Å²) in [4.78, 5) is 13.8. The maximum Gasteiger partial charge on any atom is 0.217 e. The minimum absolute atomic E-state index is 0.110. The first kappa shape index (κ1) is 24.8. The van der Waals surface area contributed by atoms with E-state index in [4.69, 9.17) is 11.6 Å². The monoisotopic (exact) mass is 482 g/mol. The summed E-state index contributed by atoms with van der Waals surface area (Å²) in [6.07, 6.45) is 4.30. The van der Waals surface area contributed by atoms with E-state index in [0.29, 0.717) is 10.6 Å². The van der Waals surface area contributed by atoms with Gasteiger partial charge in [0.2, 0.25) is 5.91 Å². The standard InChI is InChI=1S/C24H29ClF2N2O2S/c1-15(25)22-6-7-23(32-22)24(8-4-3-5-9-24)28-14-21(31)20(29-16(2)30)12-17-10-18(26)13-19(27)11-17/h6-7,10-11,13,20-21,28,31H,1,3-5,8-9,12,14H2,2H3,(H,29,30)/t20-,21-/m1/s1. The number of benzene rings is 1. The van der Waals surface area contributed by atoms with E-state index in [-0.39, 0.29) is 24.4 Å². The maximum atomic E-state index is 13.6. The van der Waals surface area contributed by atoms with Gasteiger partial charge in [0.1, 0.15) is 11.6 Å². The summed E-state index contributed by atoms with van der Waals surface area (Å²) in [5, 5.41) is 17.7. The van der Waals surface area contributed by atoms with Gasteiger partial charge in [-0.15, -0.1) is 11.3 Å². The third-order valence-electron chi connectivity index (χ3n) is 5.93. The number of aliphatic hydroxyl groups excluding tert-OH is 1. The molecule has 2 aromatic rings. The number of hydrogen-bond donors (Lipinski definition) is 3. The van der Waals surface area contributed by atoms with Crippen molar-refractivity contribution in [2.24, 2.45) is 0 Å². The summed E-state index contributed by atoms with van der Waals surface area (Å²) in [5.74, 6) is -1.70. The fourth-order valence-corrected chi connectivity index (χ4v) is 5.65. The molecule has 0 radical (unpaired) electrons. The fourth-order valence-electron chi connectivity index (χ4n) is 4.38. The van der Waals surface area contributed by atoms with Gasteiger partial charge in [0.15, 0.2) is 0 Å². The zero-order valence-corrected chi connectivity index (χ0v) is 19.7. The van der Waals surface area contributed by atoms with Gasteiger partial charge in [0.05, 0.1) is 22.7 Å². The molecular weight excluding hydrogens is 454 g/mol. The molecule has 32 heavy (non-hydrogen) atoms. The number of carbonyl (C=O) groups is 1. The number of thiophene rings is 1. The van der Waals surface area contributed by atoms with Crippen molar-refractivity contribution in [3.8, 4) is 0 Å². The third-order valence-corrected chi connectivity index (χ3v) is 7.60. The van der Waals surface area contributed by atoms with Crippen LogP contribution in [0.4, 0.5) is 8.78 Å². The van der Waals surface area contributed by atoms with Crippen LogP contribution in [-0.2, 0) is 16.8 Å². The summed E-state index contributed by atoms with van der Waals surface area (Å²) in [6, 6.07) is 6.55. The second-order valence-electron chi connectivity index (χ2n) is 8.45. The Balaban J connectivity index is 1.76. The van der Waals surface area contributed by atoms with Crippen molar-refractivity contribution >= 4 is 33.9 Å². The van der Waals surface area contributed by atoms with Gasteiger partial charge < -0.3 is 15.7 Å². The zero-order chi connectivity index (χ0) is 23.3. The summed E-state index contributed by atoms with van der Waals surface area (Å²) < 4.78 is 27.2. The van der Waals surface area contributed by atoms with Crippen molar-refractivity contribution in [1.82, 2.24) is 10.6 Å². The van der Waals surface area contributed by atoms with Crippen molar-refractivity contribution in [3.05, 3.63) is 63.9 Å². The Morgan fingerprint density at radius 2 is 1.88 bits per heavy atom. The van der Waals surface area contributed by atoms with Crippen LogP contribution in [0.15, 0.2) is 36.9 Å². The highest BCUT2D eigenvalue weighted by Crippen LogP contribution is 2.41. The molecule has 1 heterocycles. The molecule has 3 rings (SSSR count). The average Bonchev–Trinajstić information content (AvgIpc) is 3.22. The summed E-state index contributed by atoms with van der Waals surface area (Å²) in [7, 11) is 0. The fraction of sp³-hybridized carbons (Fsp3) is 0.458. The lowest BCUT2D eigenvalue weighted by Crippen LogP contribution is -2.52. The van der Waals surface area contributed by atoms with Crippen LogP contribution in [0.1, 0.15) is 54.3 Å². The van der Waals surface area contributed by atoms with E-state index in [1.54, 1.807) is 11.3 Å². The molecule has 1 aliphatic carbocycles. The molecule has 1 saturated carbocycles. The van der Waals surface area contributed by atoms with Crippen LogP contribution < -0.4 is 10.6 Å². The maximum absolute atomic E-state index is 13.6. The number of nitrogens with one attached hydrogen (secondary N) is 2. The van der Waals surface area contributed by atoms with E-state index in [1.807, 2.05) is 6.07 Å². The zero-order valence-electron chi connectivity index (χ0n) is 18.1. The average molecular weight is 483 g/mol. The predicted molar refractivity (Wildman–Crippen MR) is 126 cm³/mol. The minimum Gasteiger partial charge on any atom is -0.390 e. The van der Waals surface area contributed by atoms with E-state index in [1.165, 1.54) is 19.1 Å². The lowest BCUT2D eigenvalue weighted by molar-refractivity contribution is -0.120. The van der Waals surface area contributed by atoms with Gasteiger partial charge in [0, 0.05) is 29.3 Å². The molecule has 174 valence electrons. The first-order chi connectivity index (χ1) is 15.2. The lowest BCUT2D eigenvalue weighted by atomic mass is 9.80. The molecule has 8 heteroatoms. The first-order valence-electron chi connectivity index (χ1n) is 10.8. The smallest absolute Gasteiger partial charge is 0.217 e. The van der Waals surface area contributed by atoms with E-state index >= 15 is 0 Å². The number of amides is 1. The molecule has 1 aromatic heterocycles. The topological polar surface area (TPSA) is 61.4 Å². The SMILES string of the molecule is C=C(Cl)c1ccc(C2(NC[C@@H](O)[C@@H](Cc3cc(F)cc(F)c3)NC(C)=O)CCCCC2)s1. The molecule has 0 saturated heterocycles. The van der Waals surface area contributed by atoms with Gasteiger partial charge in [-0.05, 0) is 49.1 Å². The highest BCUT2D eigenvalue weighted by Gasteiger charge is 2.36. The van der Waals surface area contributed by atoms with E-state index in [9.17, 15) is 18.7 Å². The van der Waals surface area contributed by atoms with Crippen LogP contribution in [0, 0.1) is 11.6 Å². The molecule has 1 amide bonds. The van der Waals surface area contributed by atoms with Crippen LogP contribution in [0.5, 0.6) is 0 Å². The second-order valence-corrected chi connectivity index (χ2v) is 9.99. The molecule has 3 N–H and O–H groups in total. The lowest BCUT2D eigenvalue weighted by Gasteiger charge is -2.39. The number of halogens is 3. The Hall–Kier alpha value is -1.80. The van der Waals surface area contributed by atoms with Gasteiger partial charge >= 0.3 is 0 Å². The van der Waals surface area contributed by atoms with E-state index in [0.717, 1.165) is 47.9 Å². The molecule has 1 fully saturated rings. The van der Waals surface area contributed by atoms with Crippen LogP contribution in [0.25, 0.3) is 5.03 Å². The third kappa shape index (κ3) is 6.38. The number of aliphatic hydroxyl groups is 1. The van der Waals surface area contributed by atoms with Crippen molar-refractivity contribution in [2.75, 3.05) is 6.54 Å². The summed E-state index contributed by atoms with van der Waals surface area (Å²) in [5.41, 5.74) is 0.0800. The Labute approximate surface area is 196 Å². The molecule has 1 aromatic carbocycles. The number of carbonyl (C=O) groups excluding carboxylic acids is 1. The quantitative estimate of drug-likeness (QED) is 0.466. The van der Waals surface area contributed by atoms with Crippen molar-refractivity contribution < 1.29 is 18.7 Å². The van der Waals surface area contributed by atoms with Gasteiger partial charge in [-0.3, -0.25) is 4.79 Å². The van der Waals surface area contributed by atoms with Gasteiger partial charge in [-0.2, -0.15) is 0 Å². The predicted octanol–water partition coefficient (Wildman–Crippen LogP) is 5.09. The molecule has 1 aliphatic rings. The Morgan fingerprint density at radius 3 is 2.44 bits per heavy atom. The Bertz CT molecular complexity index is 939. The van der Waals surface area contributed by atoms with Crippen LogP contribution in [-0.4, -0.2) is 29.7 Å². The van der Waals surface area contributed by atoms with Crippen molar-refractivity contribution in [2.45, 2.75) is 63.1 Å². The Morgan fingerprint density at radius 1 is 1.22 bits per heavy atom. The van der Waals surface area contributed by atoms with E-state index in [2.05, 4.69) is 23.3 Å². The molecule has 4 nitrogen and oxygen atoms in total. The van der Waals surface area contributed by atoms with Crippen molar-refractivity contribution in [3.63, 3.8) is 0 Å². The van der Waals surface area contributed by atoms with Gasteiger partial charge in [0.25, 0.3) is 0 Å². The van der Waals surface area contributed by atoms with Crippen LogP contribution >= 0.6 is 22.9 Å². The summed E-state index contributed by atoms with van der Waals surface area (Å²) >= 11 is 7.67. The second kappa shape index (κ2) is 10.9. The Kier molecular flexibility index (Phi) is 8.44. The molecule has 0 bridgehead atoms. The largest absolute Gasteiger partial charge is 0.390 e. The highest BCUT2D eigenvalue weighted by atomic mass is 35.5. The molecule has 2 atom stereocenters. The normalized spacial score (nSPS) is 17.5. The first-order valence-corrected chi connectivity index (χ1v) is 12.0. The van der Waals surface area contributed by atoms with E-state index < -0.39 is 23.8 Å². The number of rotatable bonds is 9. The number of hydrogen-bond acceptors (Lipinski definition) is 4. The molecular formula is C24H29ClF2N2O2S. The molecule has 0 aliphatic heterocycles. The van der Waals surface area contributed by atoms with Gasteiger partial charge in [-0.1, -0.05) is 37.4 Å².